The molecule has 1 rings (SSSR count). The molecule has 0 bridgehead atoms. The van der Waals surface area contributed by atoms with Crippen molar-refractivity contribution in [2.45, 2.75) is 39.7 Å². The van der Waals surface area contributed by atoms with Gasteiger partial charge in [0, 0.05) is 0 Å². The Morgan fingerprint density at radius 1 is 1.31 bits per heavy atom. The van der Waals surface area contributed by atoms with Crippen molar-refractivity contribution in [3.05, 3.63) is 0 Å². The lowest BCUT2D eigenvalue weighted by Gasteiger charge is -2.14. The molecule has 0 amide bonds. The lowest BCUT2D eigenvalue weighted by molar-refractivity contribution is -0.137. The van der Waals surface area contributed by atoms with Gasteiger partial charge in [0.25, 0.3) is 0 Å². The summed E-state index contributed by atoms with van der Waals surface area (Å²) in [6.07, 6.45) is 3.29. The highest BCUT2D eigenvalue weighted by Gasteiger charge is 2.27. The average Bonchev–Trinajstić information content (AvgIpc) is 2.48. The van der Waals surface area contributed by atoms with Gasteiger partial charge in [0.15, 0.2) is 0 Å². The second kappa shape index (κ2) is 4.89. The van der Waals surface area contributed by atoms with E-state index in [1.165, 1.54) is 6.42 Å². The normalized spacial score (nSPS) is 29.1. The van der Waals surface area contributed by atoms with E-state index in [9.17, 15) is 8.78 Å². The molecule has 0 aromatic rings. The smallest absolute Gasteiger partial charge is 0.323 e. The van der Waals surface area contributed by atoms with Crippen LogP contribution in [0.3, 0.4) is 0 Å². The molecule has 78 valence electrons. The predicted molar refractivity (Wildman–Crippen MR) is 47.6 cm³/mol. The van der Waals surface area contributed by atoms with Gasteiger partial charge < -0.3 is 4.74 Å². The molecule has 0 aromatic heterocycles. The van der Waals surface area contributed by atoms with Gasteiger partial charge >= 0.3 is 6.61 Å². The van der Waals surface area contributed by atoms with E-state index in [1.54, 1.807) is 0 Å². The summed E-state index contributed by atoms with van der Waals surface area (Å²) in [4.78, 5) is 0. The zero-order chi connectivity index (χ0) is 9.84. The molecule has 13 heavy (non-hydrogen) atoms. The van der Waals surface area contributed by atoms with Crippen molar-refractivity contribution in [3.63, 3.8) is 0 Å². The van der Waals surface area contributed by atoms with Crippen LogP contribution in [0.15, 0.2) is 0 Å². The Balaban J connectivity index is 2.17. The van der Waals surface area contributed by atoms with Crippen LogP contribution in [0.1, 0.15) is 33.1 Å². The van der Waals surface area contributed by atoms with Crippen molar-refractivity contribution in [3.8, 4) is 0 Å². The maximum Gasteiger partial charge on any atom is 0.345 e. The van der Waals surface area contributed by atoms with E-state index in [-0.39, 0.29) is 6.61 Å². The summed E-state index contributed by atoms with van der Waals surface area (Å²) in [5, 5.41) is 0. The lowest BCUT2D eigenvalue weighted by atomic mass is 9.93. The van der Waals surface area contributed by atoms with Crippen molar-refractivity contribution in [1.82, 2.24) is 0 Å². The third kappa shape index (κ3) is 3.59. The molecule has 1 fully saturated rings. The Morgan fingerprint density at radius 2 is 2.00 bits per heavy atom. The lowest BCUT2D eigenvalue weighted by Crippen LogP contribution is -2.11. The highest BCUT2D eigenvalue weighted by Crippen LogP contribution is 2.35. The standard InChI is InChI=1S/C10H18F2O/c1-7(2)9-4-3-8(5-9)6-13-10(11)12/h7-10H,3-6H2,1-2H3. The molecule has 1 aliphatic carbocycles. The molecular formula is C10H18F2O. The Morgan fingerprint density at radius 3 is 2.46 bits per heavy atom. The Hall–Kier alpha value is -0.180. The molecule has 1 nitrogen and oxygen atoms in total. The van der Waals surface area contributed by atoms with Crippen LogP contribution in [0.2, 0.25) is 0 Å². The summed E-state index contributed by atoms with van der Waals surface area (Å²) in [7, 11) is 0. The monoisotopic (exact) mass is 192 g/mol. The van der Waals surface area contributed by atoms with E-state index in [2.05, 4.69) is 18.6 Å². The number of rotatable bonds is 4. The molecule has 0 aromatic carbocycles. The van der Waals surface area contributed by atoms with Crippen LogP contribution in [-0.2, 0) is 4.74 Å². The fraction of sp³-hybridized carbons (Fsp3) is 1.00. The van der Waals surface area contributed by atoms with E-state index in [0.29, 0.717) is 17.8 Å². The molecule has 3 heteroatoms. The summed E-state index contributed by atoms with van der Waals surface area (Å²) in [6.45, 7) is 2.03. The molecule has 1 saturated carbocycles. The van der Waals surface area contributed by atoms with Gasteiger partial charge in [0.2, 0.25) is 0 Å². The topological polar surface area (TPSA) is 9.23 Å². The average molecular weight is 192 g/mol. The molecule has 1 aliphatic rings. The van der Waals surface area contributed by atoms with Crippen molar-refractivity contribution in [2.75, 3.05) is 6.61 Å². The Kier molecular flexibility index (Phi) is 4.10. The van der Waals surface area contributed by atoms with E-state index in [1.807, 2.05) is 0 Å². The number of hydrogen-bond acceptors (Lipinski definition) is 1. The molecule has 0 radical (unpaired) electrons. The highest BCUT2D eigenvalue weighted by molar-refractivity contribution is 4.77. The maximum absolute atomic E-state index is 11.7. The molecule has 2 atom stereocenters. The first-order chi connectivity index (χ1) is 6.09. The number of ether oxygens (including phenoxy) is 1. The van der Waals surface area contributed by atoms with Crippen LogP contribution < -0.4 is 0 Å². The molecule has 0 heterocycles. The van der Waals surface area contributed by atoms with E-state index in [4.69, 9.17) is 0 Å². The predicted octanol–water partition coefficient (Wildman–Crippen LogP) is 3.30. The van der Waals surface area contributed by atoms with Crippen LogP contribution in [0.4, 0.5) is 8.78 Å². The molecule has 0 spiro atoms. The third-order valence-electron chi connectivity index (χ3n) is 2.98. The maximum atomic E-state index is 11.7. The number of halogens is 2. The first-order valence-corrected chi connectivity index (χ1v) is 4.99. The molecular weight excluding hydrogens is 174 g/mol. The van der Waals surface area contributed by atoms with Crippen LogP contribution in [-0.4, -0.2) is 13.2 Å². The highest BCUT2D eigenvalue weighted by atomic mass is 19.3. The van der Waals surface area contributed by atoms with E-state index >= 15 is 0 Å². The van der Waals surface area contributed by atoms with Crippen molar-refractivity contribution in [1.29, 1.82) is 0 Å². The van der Waals surface area contributed by atoms with E-state index < -0.39 is 6.61 Å². The second-order valence-electron chi connectivity index (χ2n) is 4.28. The molecule has 0 saturated heterocycles. The minimum Gasteiger partial charge on any atom is -0.323 e. The van der Waals surface area contributed by atoms with Gasteiger partial charge in [0.05, 0.1) is 6.61 Å². The molecule has 0 N–H and O–H groups in total. The van der Waals surface area contributed by atoms with Crippen LogP contribution in [0.5, 0.6) is 0 Å². The first kappa shape index (κ1) is 10.9. The fourth-order valence-corrected chi connectivity index (χ4v) is 2.08. The zero-order valence-corrected chi connectivity index (χ0v) is 8.30. The summed E-state index contributed by atoms with van der Waals surface area (Å²) in [6, 6.07) is 0. The number of alkyl halides is 2. The Bertz CT molecular complexity index is 148. The van der Waals surface area contributed by atoms with Crippen LogP contribution in [0.25, 0.3) is 0 Å². The van der Waals surface area contributed by atoms with Crippen molar-refractivity contribution < 1.29 is 13.5 Å². The van der Waals surface area contributed by atoms with Gasteiger partial charge in [0.1, 0.15) is 0 Å². The van der Waals surface area contributed by atoms with Gasteiger partial charge in [-0.1, -0.05) is 13.8 Å². The first-order valence-electron chi connectivity index (χ1n) is 4.99. The third-order valence-corrected chi connectivity index (χ3v) is 2.98. The zero-order valence-electron chi connectivity index (χ0n) is 8.30. The Labute approximate surface area is 78.5 Å². The van der Waals surface area contributed by atoms with Gasteiger partial charge in [-0.2, -0.15) is 8.78 Å². The molecule has 0 aliphatic heterocycles. The number of hydrogen-bond donors (Lipinski definition) is 0. The van der Waals surface area contributed by atoms with Crippen LogP contribution >= 0.6 is 0 Å². The van der Waals surface area contributed by atoms with Crippen molar-refractivity contribution >= 4 is 0 Å². The van der Waals surface area contributed by atoms with Crippen LogP contribution in [0, 0.1) is 17.8 Å². The van der Waals surface area contributed by atoms with Crippen molar-refractivity contribution in [2.24, 2.45) is 17.8 Å². The summed E-state index contributed by atoms with van der Waals surface area (Å²) < 4.78 is 27.8. The summed E-state index contributed by atoms with van der Waals surface area (Å²) in [5.74, 6) is 1.75. The van der Waals surface area contributed by atoms with Gasteiger partial charge in [-0.3, -0.25) is 0 Å². The fourth-order valence-electron chi connectivity index (χ4n) is 2.08. The van der Waals surface area contributed by atoms with Gasteiger partial charge in [-0.25, -0.2) is 0 Å². The minimum atomic E-state index is -2.60. The van der Waals surface area contributed by atoms with E-state index in [0.717, 1.165) is 12.8 Å². The minimum absolute atomic E-state index is 0.237. The van der Waals surface area contributed by atoms with Gasteiger partial charge in [-0.05, 0) is 37.0 Å². The summed E-state index contributed by atoms with van der Waals surface area (Å²) >= 11 is 0. The largest absolute Gasteiger partial charge is 0.345 e. The SMILES string of the molecule is CC(C)C1CCC(COC(F)F)C1. The second-order valence-corrected chi connectivity index (χ2v) is 4.28. The van der Waals surface area contributed by atoms with Gasteiger partial charge in [-0.15, -0.1) is 0 Å². The molecule has 2 unspecified atom stereocenters. The summed E-state index contributed by atoms with van der Waals surface area (Å²) in [5.41, 5.74) is 0. The quantitative estimate of drug-likeness (QED) is 0.664.